The maximum absolute atomic E-state index is 11.5. The number of hydrogen-bond donors (Lipinski definition) is 2. The zero-order valence-electron chi connectivity index (χ0n) is 10.7. The van der Waals surface area contributed by atoms with Gasteiger partial charge in [0, 0.05) is 5.75 Å². The van der Waals surface area contributed by atoms with Crippen LogP contribution < -0.4 is 5.32 Å². The molecule has 6 heteroatoms. The summed E-state index contributed by atoms with van der Waals surface area (Å²) in [5.74, 6) is 1.86. The number of carbonyl (C=O) groups excluding carboxylic acids is 1. The molecule has 1 aromatic rings. The van der Waals surface area contributed by atoms with Crippen LogP contribution in [-0.4, -0.2) is 34.7 Å². The van der Waals surface area contributed by atoms with Crippen LogP contribution in [0.5, 0.6) is 0 Å². The van der Waals surface area contributed by atoms with Gasteiger partial charge in [-0.2, -0.15) is 0 Å². The Morgan fingerprint density at radius 1 is 1.40 bits per heavy atom. The van der Waals surface area contributed by atoms with Crippen LogP contribution >= 0.6 is 11.8 Å². The highest BCUT2D eigenvalue weighted by atomic mass is 32.2. The van der Waals surface area contributed by atoms with Crippen LogP contribution in [-0.2, 0) is 16.1 Å². The number of terminal acetylenes is 1. The molecule has 0 saturated carbocycles. The van der Waals surface area contributed by atoms with E-state index in [2.05, 4.69) is 11.2 Å². The van der Waals surface area contributed by atoms with Gasteiger partial charge in [0.25, 0.3) is 0 Å². The number of hydrogen-bond acceptors (Lipinski definition) is 4. The van der Waals surface area contributed by atoms with Crippen molar-refractivity contribution in [2.45, 2.75) is 12.6 Å². The molecule has 0 bridgehead atoms. The van der Waals surface area contributed by atoms with Crippen molar-refractivity contribution in [1.29, 1.82) is 0 Å². The van der Waals surface area contributed by atoms with Gasteiger partial charge in [0.05, 0.1) is 5.75 Å². The molecule has 1 atom stereocenters. The number of nitrogens with one attached hydrogen (secondary N) is 1. The van der Waals surface area contributed by atoms with Gasteiger partial charge in [0.1, 0.15) is 12.6 Å². The molecule has 106 valence electrons. The van der Waals surface area contributed by atoms with E-state index >= 15 is 0 Å². The molecule has 20 heavy (non-hydrogen) atoms. The number of rotatable bonds is 7. The summed E-state index contributed by atoms with van der Waals surface area (Å²) < 4.78 is 4.95. The molecule has 1 unspecified atom stereocenters. The number of ether oxygens (including phenoxy) is 1. The fourth-order valence-electron chi connectivity index (χ4n) is 1.32. The summed E-state index contributed by atoms with van der Waals surface area (Å²) in [6.07, 6.45) is 4.31. The second-order valence-corrected chi connectivity index (χ2v) is 4.85. The third kappa shape index (κ3) is 6.16. The lowest BCUT2D eigenvalue weighted by molar-refractivity contribution is -0.138. The second kappa shape index (κ2) is 8.88. The van der Waals surface area contributed by atoms with Crippen LogP contribution in [0.15, 0.2) is 30.3 Å². The molecule has 0 saturated heterocycles. The molecular weight excluding hydrogens is 278 g/mol. The minimum absolute atomic E-state index is 0.0938. The first kappa shape index (κ1) is 15.9. The number of thioether (sulfide) groups is 1. The largest absolute Gasteiger partial charge is 0.480 e. The summed E-state index contributed by atoms with van der Waals surface area (Å²) in [6.45, 7) is 0.0938. The van der Waals surface area contributed by atoms with E-state index < -0.39 is 18.1 Å². The fourth-order valence-corrected chi connectivity index (χ4v) is 2.01. The van der Waals surface area contributed by atoms with Crippen molar-refractivity contribution in [3.63, 3.8) is 0 Å². The van der Waals surface area contributed by atoms with Gasteiger partial charge < -0.3 is 15.2 Å². The quantitative estimate of drug-likeness (QED) is 0.591. The molecule has 0 fully saturated rings. The molecule has 1 aromatic carbocycles. The summed E-state index contributed by atoms with van der Waals surface area (Å²) in [6, 6.07) is 8.11. The van der Waals surface area contributed by atoms with Crippen molar-refractivity contribution < 1.29 is 19.4 Å². The Balaban J connectivity index is 2.38. The Hall–Kier alpha value is -2.13. The summed E-state index contributed by atoms with van der Waals surface area (Å²) in [5.41, 5.74) is 0.830. The summed E-state index contributed by atoms with van der Waals surface area (Å²) in [7, 11) is 0. The smallest absolute Gasteiger partial charge is 0.408 e. The Bertz CT molecular complexity index is 484. The van der Waals surface area contributed by atoms with E-state index in [0.29, 0.717) is 5.75 Å². The Morgan fingerprint density at radius 3 is 2.70 bits per heavy atom. The van der Waals surface area contributed by atoms with Crippen LogP contribution in [0.4, 0.5) is 4.79 Å². The van der Waals surface area contributed by atoms with Crippen molar-refractivity contribution >= 4 is 23.8 Å². The van der Waals surface area contributed by atoms with Crippen LogP contribution in [0, 0.1) is 12.3 Å². The molecule has 0 heterocycles. The van der Waals surface area contributed by atoms with E-state index in [4.69, 9.17) is 16.3 Å². The van der Waals surface area contributed by atoms with Gasteiger partial charge >= 0.3 is 12.1 Å². The topological polar surface area (TPSA) is 75.6 Å². The fraction of sp³-hybridized carbons (Fsp3) is 0.286. The molecular formula is C14H15NO4S. The molecule has 0 aliphatic carbocycles. The van der Waals surface area contributed by atoms with E-state index in [9.17, 15) is 9.59 Å². The lowest BCUT2D eigenvalue weighted by atomic mass is 10.2. The van der Waals surface area contributed by atoms with E-state index in [1.165, 1.54) is 11.8 Å². The number of carboxylic acids is 1. The number of carboxylic acid groups (broad SMARTS) is 1. The second-order valence-electron chi connectivity index (χ2n) is 3.82. The normalized spacial score (nSPS) is 11.2. The van der Waals surface area contributed by atoms with Crippen LogP contribution in [0.3, 0.4) is 0 Å². The maximum Gasteiger partial charge on any atom is 0.408 e. The minimum atomic E-state index is -1.12. The molecule has 0 spiro atoms. The molecule has 5 nitrogen and oxygen atoms in total. The number of carbonyl (C=O) groups is 2. The highest BCUT2D eigenvalue weighted by molar-refractivity contribution is 7.99. The van der Waals surface area contributed by atoms with Gasteiger partial charge in [-0.3, -0.25) is 0 Å². The van der Waals surface area contributed by atoms with Gasteiger partial charge in [-0.25, -0.2) is 9.59 Å². The first-order chi connectivity index (χ1) is 9.63. The van der Waals surface area contributed by atoms with Crippen molar-refractivity contribution in [2.75, 3.05) is 11.5 Å². The average molecular weight is 293 g/mol. The average Bonchev–Trinajstić information content (AvgIpc) is 2.45. The lowest BCUT2D eigenvalue weighted by Crippen LogP contribution is -2.42. The molecule has 0 aromatic heterocycles. The highest BCUT2D eigenvalue weighted by Gasteiger charge is 2.20. The number of alkyl carbamates (subject to hydrolysis) is 1. The van der Waals surface area contributed by atoms with E-state index in [1.54, 1.807) is 0 Å². The molecule has 1 rings (SSSR count). The first-order valence-electron chi connectivity index (χ1n) is 5.84. The van der Waals surface area contributed by atoms with Crippen molar-refractivity contribution in [1.82, 2.24) is 5.32 Å². The molecule has 0 radical (unpaired) electrons. The minimum Gasteiger partial charge on any atom is -0.480 e. The SMILES string of the molecule is C#CCSCC(NC(=O)OCc1ccccc1)C(=O)O. The van der Waals surface area contributed by atoms with Gasteiger partial charge in [-0.1, -0.05) is 36.3 Å². The van der Waals surface area contributed by atoms with Crippen LogP contribution in [0.2, 0.25) is 0 Å². The van der Waals surface area contributed by atoms with Gasteiger partial charge in [0.15, 0.2) is 0 Å². The van der Waals surface area contributed by atoms with Crippen molar-refractivity contribution in [3.05, 3.63) is 35.9 Å². The third-order valence-electron chi connectivity index (χ3n) is 2.27. The van der Waals surface area contributed by atoms with Gasteiger partial charge in [0.2, 0.25) is 0 Å². The summed E-state index contributed by atoms with van der Waals surface area (Å²) in [5, 5.41) is 11.3. The highest BCUT2D eigenvalue weighted by Crippen LogP contribution is 2.04. The summed E-state index contributed by atoms with van der Waals surface area (Å²) in [4.78, 5) is 22.5. The third-order valence-corrected chi connectivity index (χ3v) is 3.21. The van der Waals surface area contributed by atoms with Gasteiger partial charge in [-0.15, -0.1) is 18.2 Å². The van der Waals surface area contributed by atoms with Crippen molar-refractivity contribution in [3.8, 4) is 12.3 Å². The van der Waals surface area contributed by atoms with Crippen molar-refractivity contribution in [2.24, 2.45) is 0 Å². The predicted octanol–water partition coefficient (Wildman–Crippen LogP) is 1.73. The molecule has 2 N–H and O–H groups in total. The monoisotopic (exact) mass is 293 g/mol. The molecule has 1 amide bonds. The Kier molecular flexibility index (Phi) is 7.07. The Labute approximate surface area is 121 Å². The standard InChI is InChI=1S/C14H15NO4S/c1-2-8-20-10-12(13(16)17)15-14(18)19-9-11-6-4-3-5-7-11/h1,3-7,12H,8-10H2,(H,15,18)(H,16,17). The zero-order valence-corrected chi connectivity index (χ0v) is 11.6. The number of aliphatic carboxylic acids is 1. The number of benzene rings is 1. The Morgan fingerprint density at radius 2 is 2.10 bits per heavy atom. The molecule has 0 aliphatic heterocycles. The maximum atomic E-state index is 11.5. The summed E-state index contributed by atoms with van der Waals surface area (Å²) >= 11 is 1.26. The first-order valence-corrected chi connectivity index (χ1v) is 7.00. The van der Waals surface area contributed by atoms with E-state index in [1.807, 2.05) is 30.3 Å². The molecule has 0 aliphatic rings. The van der Waals surface area contributed by atoms with E-state index in [-0.39, 0.29) is 12.4 Å². The lowest BCUT2D eigenvalue weighted by Gasteiger charge is -2.13. The van der Waals surface area contributed by atoms with E-state index in [0.717, 1.165) is 5.56 Å². The number of amides is 1. The predicted molar refractivity (Wildman–Crippen MR) is 77.3 cm³/mol. The van der Waals surface area contributed by atoms with Crippen LogP contribution in [0.1, 0.15) is 5.56 Å². The zero-order chi connectivity index (χ0) is 14.8. The van der Waals surface area contributed by atoms with Gasteiger partial charge in [-0.05, 0) is 5.56 Å². The van der Waals surface area contributed by atoms with Crippen LogP contribution in [0.25, 0.3) is 0 Å².